The minimum Gasteiger partial charge on any atom is -0.337 e. The smallest absolute Gasteiger partial charge is 0.272 e. The molecule has 15 heavy (non-hydrogen) atoms. The molecule has 3 nitrogen and oxygen atoms in total. The number of amides is 1. The van der Waals surface area contributed by atoms with Gasteiger partial charge in [0.25, 0.3) is 5.91 Å². The van der Waals surface area contributed by atoms with Crippen molar-refractivity contribution in [1.29, 1.82) is 0 Å². The Balaban J connectivity index is 2.12. The molecule has 2 rings (SSSR count). The fourth-order valence-corrected chi connectivity index (χ4v) is 1.77. The van der Waals surface area contributed by atoms with E-state index in [0.29, 0.717) is 5.69 Å². The van der Waals surface area contributed by atoms with Gasteiger partial charge in [-0.25, -0.2) is 0 Å². The summed E-state index contributed by atoms with van der Waals surface area (Å²) >= 11 is 0. The van der Waals surface area contributed by atoms with Crippen molar-refractivity contribution in [2.45, 2.75) is 19.8 Å². The summed E-state index contributed by atoms with van der Waals surface area (Å²) in [6.07, 6.45) is 5.92. The number of rotatable bonds is 1. The summed E-state index contributed by atoms with van der Waals surface area (Å²) in [4.78, 5) is 18.0. The molecule has 3 heteroatoms. The number of likely N-dealkylation sites (tertiary alicyclic amines) is 1. The molecule has 0 unspecified atom stereocenters. The Morgan fingerprint density at radius 1 is 1.40 bits per heavy atom. The van der Waals surface area contributed by atoms with Crippen molar-refractivity contribution < 1.29 is 4.79 Å². The second-order valence-corrected chi connectivity index (χ2v) is 3.88. The molecule has 0 bridgehead atoms. The number of piperidine rings is 1. The maximum absolute atomic E-state index is 12.0. The monoisotopic (exact) mass is 203 g/mol. The number of hydrogen-bond donors (Lipinski definition) is 0. The Kier molecular flexibility index (Phi) is 2.99. The van der Waals surface area contributed by atoms with Gasteiger partial charge >= 0.3 is 0 Å². The molecule has 1 fully saturated rings. The van der Waals surface area contributed by atoms with Crippen LogP contribution in [0.1, 0.15) is 28.9 Å². The largest absolute Gasteiger partial charge is 0.337 e. The molecule has 1 aliphatic heterocycles. The zero-order chi connectivity index (χ0) is 10.7. The third-order valence-corrected chi connectivity index (χ3v) is 2.63. The first kappa shape index (κ1) is 10.1. The lowest BCUT2D eigenvalue weighted by molar-refractivity contribution is 0.0736. The quantitative estimate of drug-likeness (QED) is 0.697. The minimum atomic E-state index is 0.0619. The molecule has 0 saturated carbocycles. The van der Waals surface area contributed by atoms with Crippen LogP contribution >= 0.6 is 0 Å². The van der Waals surface area contributed by atoms with Gasteiger partial charge in [-0.3, -0.25) is 9.78 Å². The van der Waals surface area contributed by atoms with E-state index in [0.717, 1.165) is 31.5 Å². The van der Waals surface area contributed by atoms with Crippen molar-refractivity contribution in [2.75, 3.05) is 13.1 Å². The highest BCUT2D eigenvalue weighted by molar-refractivity contribution is 5.92. The van der Waals surface area contributed by atoms with Gasteiger partial charge in [-0.05, 0) is 43.9 Å². The van der Waals surface area contributed by atoms with E-state index in [1.165, 1.54) is 0 Å². The summed E-state index contributed by atoms with van der Waals surface area (Å²) in [6, 6.07) is 3.75. The minimum absolute atomic E-state index is 0.0619. The van der Waals surface area contributed by atoms with Gasteiger partial charge in [-0.2, -0.15) is 0 Å². The molecule has 0 atom stereocenters. The molecule has 1 aromatic heterocycles. The Bertz CT molecular complexity index is 356. The van der Waals surface area contributed by atoms with E-state index < -0.39 is 0 Å². The van der Waals surface area contributed by atoms with E-state index in [2.05, 4.69) is 11.4 Å². The maximum Gasteiger partial charge on any atom is 0.272 e. The molecular weight excluding hydrogens is 188 g/mol. The number of aryl methyl sites for hydroxylation is 1. The second-order valence-electron chi connectivity index (χ2n) is 3.88. The lowest BCUT2D eigenvalue weighted by atomic mass is 10.1. The van der Waals surface area contributed by atoms with E-state index in [1.54, 1.807) is 6.20 Å². The van der Waals surface area contributed by atoms with Crippen molar-refractivity contribution >= 4 is 5.91 Å². The van der Waals surface area contributed by atoms with Crippen molar-refractivity contribution in [3.05, 3.63) is 36.0 Å². The van der Waals surface area contributed by atoms with E-state index in [4.69, 9.17) is 0 Å². The summed E-state index contributed by atoms with van der Waals surface area (Å²) in [5.74, 6) is 0.0619. The highest BCUT2D eigenvalue weighted by Gasteiger charge is 2.18. The van der Waals surface area contributed by atoms with Crippen LogP contribution in [0.25, 0.3) is 0 Å². The molecule has 0 N–H and O–H groups in total. The third-order valence-electron chi connectivity index (χ3n) is 2.63. The van der Waals surface area contributed by atoms with Crippen LogP contribution in [-0.2, 0) is 0 Å². The number of carbonyl (C=O) groups is 1. The average Bonchev–Trinajstić information content (AvgIpc) is 2.29. The van der Waals surface area contributed by atoms with Crippen LogP contribution in [0.15, 0.2) is 18.3 Å². The van der Waals surface area contributed by atoms with E-state index in [-0.39, 0.29) is 5.91 Å². The van der Waals surface area contributed by atoms with Gasteiger partial charge in [-0.15, -0.1) is 0 Å². The Labute approximate surface area is 90.1 Å². The summed E-state index contributed by atoms with van der Waals surface area (Å²) in [6.45, 7) is 3.63. The molecule has 0 aliphatic carbocycles. The van der Waals surface area contributed by atoms with Crippen LogP contribution in [0, 0.1) is 13.3 Å². The van der Waals surface area contributed by atoms with E-state index in [9.17, 15) is 4.79 Å². The van der Waals surface area contributed by atoms with Gasteiger partial charge < -0.3 is 4.90 Å². The summed E-state index contributed by atoms with van der Waals surface area (Å²) in [5.41, 5.74) is 1.65. The van der Waals surface area contributed by atoms with Crippen molar-refractivity contribution in [3.63, 3.8) is 0 Å². The molecule has 1 aliphatic rings. The zero-order valence-corrected chi connectivity index (χ0v) is 8.94. The predicted molar refractivity (Wildman–Crippen MR) is 58.4 cm³/mol. The number of carbonyl (C=O) groups excluding carboxylic acids is 1. The first-order valence-electron chi connectivity index (χ1n) is 5.31. The van der Waals surface area contributed by atoms with Gasteiger partial charge in [0, 0.05) is 19.3 Å². The Hall–Kier alpha value is -1.38. The van der Waals surface area contributed by atoms with Crippen molar-refractivity contribution in [1.82, 2.24) is 9.88 Å². The molecule has 1 aromatic rings. The average molecular weight is 203 g/mol. The Morgan fingerprint density at radius 3 is 2.80 bits per heavy atom. The number of nitrogens with zero attached hydrogens (tertiary/aromatic N) is 2. The fourth-order valence-electron chi connectivity index (χ4n) is 1.77. The van der Waals surface area contributed by atoms with Crippen LogP contribution in [0.4, 0.5) is 0 Å². The Morgan fingerprint density at radius 2 is 2.13 bits per heavy atom. The maximum atomic E-state index is 12.0. The highest BCUT2D eigenvalue weighted by Crippen LogP contribution is 2.11. The fraction of sp³-hybridized carbons (Fsp3) is 0.417. The van der Waals surface area contributed by atoms with E-state index >= 15 is 0 Å². The molecule has 0 aromatic carbocycles. The second kappa shape index (κ2) is 4.43. The first-order chi connectivity index (χ1) is 7.27. The number of hydrogen-bond acceptors (Lipinski definition) is 2. The lowest BCUT2D eigenvalue weighted by Gasteiger charge is -2.26. The van der Waals surface area contributed by atoms with Crippen molar-refractivity contribution in [3.8, 4) is 0 Å². The van der Waals surface area contributed by atoms with Crippen LogP contribution in [0.5, 0.6) is 0 Å². The topological polar surface area (TPSA) is 33.2 Å². The molecule has 1 amide bonds. The predicted octanol–water partition coefficient (Wildman–Crippen LogP) is 1.83. The molecule has 0 spiro atoms. The van der Waals surface area contributed by atoms with Crippen LogP contribution < -0.4 is 0 Å². The van der Waals surface area contributed by atoms with Gasteiger partial charge in [0.05, 0.1) is 0 Å². The number of pyridine rings is 1. The molecule has 1 radical (unpaired) electrons. The zero-order valence-electron chi connectivity index (χ0n) is 8.94. The summed E-state index contributed by atoms with van der Waals surface area (Å²) in [7, 11) is 0. The van der Waals surface area contributed by atoms with Gasteiger partial charge in [-0.1, -0.05) is 0 Å². The first-order valence-corrected chi connectivity index (χ1v) is 5.31. The normalized spacial score (nSPS) is 16.5. The van der Waals surface area contributed by atoms with Gasteiger partial charge in [0.1, 0.15) is 5.69 Å². The molecule has 79 valence electrons. The van der Waals surface area contributed by atoms with Gasteiger partial charge in [0.2, 0.25) is 0 Å². The van der Waals surface area contributed by atoms with Crippen LogP contribution in [0.2, 0.25) is 0 Å². The van der Waals surface area contributed by atoms with Gasteiger partial charge in [0.15, 0.2) is 0 Å². The van der Waals surface area contributed by atoms with Crippen LogP contribution in [0.3, 0.4) is 0 Å². The third kappa shape index (κ3) is 2.35. The summed E-state index contributed by atoms with van der Waals surface area (Å²) in [5, 5.41) is 0. The molecule has 1 saturated heterocycles. The molecular formula is C12H15N2O. The SMILES string of the molecule is Cc1ccnc(C(=O)N2CC[CH]CC2)c1. The van der Waals surface area contributed by atoms with Crippen LogP contribution in [-0.4, -0.2) is 28.9 Å². The standard InChI is InChI=1S/C12H15N2O/c1-10-5-6-13-11(9-10)12(15)14-7-3-2-4-8-14/h2,5-6,9H,3-4,7-8H2,1H3. The summed E-state index contributed by atoms with van der Waals surface area (Å²) < 4.78 is 0. The van der Waals surface area contributed by atoms with Crippen molar-refractivity contribution in [2.24, 2.45) is 0 Å². The lowest BCUT2D eigenvalue weighted by Crippen LogP contribution is -2.36. The highest BCUT2D eigenvalue weighted by atomic mass is 16.2. The van der Waals surface area contributed by atoms with E-state index in [1.807, 2.05) is 24.0 Å². The molecule has 2 heterocycles. The number of aromatic nitrogens is 1.